The smallest absolute Gasteiger partial charge is 0.330 e. The highest BCUT2D eigenvalue weighted by Crippen LogP contribution is 2.09. The Morgan fingerprint density at radius 2 is 2.11 bits per heavy atom. The Balaban J connectivity index is 2.93. The molecule has 18 heavy (non-hydrogen) atoms. The predicted octanol–water partition coefficient (Wildman–Crippen LogP) is -1.31. The lowest BCUT2D eigenvalue weighted by atomic mass is 10.3. The van der Waals surface area contributed by atoms with Crippen molar-refractivity contribution < 1.29 is 4.79 Å². The number of carbonyl (C=O) groups excluding carboxylic acids is 1. The van der Waals surface area contributed by atoms with E-state index >= 15 is 0 Å². The van der Waals surface area contributed by atoms with Crippen LogP contribution in [0.15, 0.2) is 9.59 Å². The van der Waals surface area contributed by atoms with Crippen molar-refractivity contribution in [3.8, 4) is 0 Å². The molecule has 0 aromatic carbocycles. The van der Waals surface area contributed by atoms with Gasteiger partial charge in [-0.3, -0.25) is 19.1 Å². The first-order valence-corrected chi connectivity index (χ1v) is 5.58. The van der Waals surface area contributed by atoms with Crippen LogP contribution in [0.1, 0.15) is 13.3 Å². The number of H-pyrrole nitrogens is 1. The Labute approximate surface area is 103 Å². The zero-order chi connectivity index (χ0) is 13.7. The summed E-state index contributed by atoms with van der Waals surface area (Å²) in [6.07, 6.45) is 0.209. The number of anilines is 2. The van der Waals surface area contributed by atoms with Gasteiger partial charge in [-0.05, 0) is 6.92 Å². The van der Waals surface area contributed by atoms with Crippen molar-refractivity contribution in [3.05, 3.63) is 20.8 Å². The topological polar surface area (TPSA) is 122 Å². The number of aromatic amines is 1. The van der Waals surface area contributed by atoms with E-state index in [4.69, 9.17) is 5.73 Å². The molecular weight excluding hydrogens is 238 g/mol. The Morgan fingerprint density at radius 3 is 2.67 bits per heavy atom. The fourth-order valence-corrected chi connectivity index (χ4v) is 1.50. The molecule has 1 amide bonds. The molecule has 8 heteroatoms. The van der Waals surface area contributed by atoms with Gasteiger partial charge in [-0.2, -0.15) is 0 Å². The third kappa shape index (κ3) is 2.90. The van der Waals surface area contributed by atoms with Crippen molar-refractivity contribution in [1.82, 2.24) is 14.9 Å². The molecule has 1 aromatic rings. The number of amides is 1. The molecule has 0 radical (unpaired) electrons. The lowest BCUT2D eigenvalue weighted by Gasteiger charge is -2.12. The van der Waals surface area contributed by atoms with Crippen LogP contribution in [0.2, 0.25) is 0 Å². The van der Waals surface area contributed by atoms with Crippen LogP contribution >= 0.6 is 0 Å². The van der Waals surface area contributed by atoms with Crippen LogP contribution in [0.25, 0.3) is 0 Å². The monoisotopic (exact) mass is 255 g/mol. The van der Waals surface area contributed by atoms with Gasteiger partial charge in [0.25, 0.3) is 5.56 Å². The zero-order valence-corrected chi connectivity index (χ0v) is 10.4. The molecule has 8 nitrogen and oxygen atoms in total. The van der Waals surface area contributed by atoms with Gasteiger partial charge in [-0.25, -0.2) is 4.79 Å². The summed E-state index contributed by atoms with van der Waals surface area (Å²) < 4.78 is 1.24. The number of aromatic nitrogens is 2. The minimum atomic E-state index is -0.584. The molecule has 0 bridgehead atoms. The number of carbonyl (C=O) groups is 1. The Morgan fingerprint density at radius 1 is 1.44 bits per heavy atom. The van der Waals surface area contributed by atoms with Gasteiger partial charge in [0.1, 0.15) is 11.5 Å². The zero-order valence-electron chi connectivity index (χ0n) is 10.4. The standard InChI is InChI=1S/C10H17N5O3/c1-3-15-8(11)7(9(17)14-10(15)18)13-5-4-6(16)12-2/h13H,3-5,11H2,1-2H3,(H,12,16)(H,14,17,18). The van der Waals surface area contributed by atoms with Crippen LogP contribution in [0.5, 0.6) is 0 Å². The molecule has 1 aromatic heterocycles. The second-order valence-corrected chi connectivity index (χ2v) is 3.61. The van der Waals surface area contributed by atoms with Crippen molar-refractivity contribution in [2.75, 3.05) is 24.6 Å². The summed E-state index contributed by atoms with van der Waals surface area (Å²) >= 11 is 0. The van der Waals surface area contributed by atoms with Crippen LogP contribution in [-0.4, -0.2) is 29.1 Å². The van der Waals surface area contributed by atoms with E-state index in [-0.39, 0.29) is 30.4 Å². The Hall–Kier alpha value is -2.25. The second kappa shape index (κ2) is 5.89. The van der Waals surface area contributed by atoms with E-state index in [1.54, 1.807) is 6.92 Å². The normalized spacial score (nSPS) is 10.1. The van der Waals surface area contributed by atoms with E-state index < -0.39 is 11.2 Å². The Bertz CT molecular complexity index is 545. The van der Waals surface area contributed by atoms with Crippen molar-refractivity contribution >= 4 is 17.4 Å². The van der Waals surface area contributed by atoms with Gasteiger partial charge in [-0.1, -0.05) is 0 Å². The maximum absolute atomic E-state index is 11.6. The highest BCUT2D eigenvalue weighted by Gasteiger charge is 2.10. The van der Waals surface area contributed by atoms with Crippen molar-refractivity contribution in [1.29, 1.82) is 0 Å². The summed E-state index contributed by atoms with van der Waals surface area (Å²) in [5.74, 6) is -0.0792. The first-order chi connectivity index (χ1) is 8.51. The van der Waals surface area contributed by atoms with Gasteiger partial charge in [0.15, 0.2) is 0 Å². The first kappa shape index (κ1) is 13.8. The van der Waals surface area contributed by atoms with Gasteiger partial charge in [0.2, 0.25) is 5.91 Å². The number of nitrogens with zero attached hydrogens (tertiary/aromatic N) is 1. The Kier molecular flexibility index (Phi) is 4.52. The number of hydrogen-bond acceptors (Lipinski definition) is 5. The number of hydrogen-bond donors (Lipinski definition) is 4. The van der Waals surface area contributed by atoms with Gasteiger partial charge in [0.05, 0.1) is 0 Å². The summed E-state index contributed by atoms with van der Waals surface area (Å²) in [4.78, 5) is 36.2. The van der Waals surface area contributed by atoms with Crippen LogP contribution in [0.4, 0.5) is 11.5 Å². The molecule has 0 unspecified atom stereocenters. The lowest BCUT2D eigenvalue weighted by molar-refractivity contribution is -0.120. The molecule has 0 aliphatic rings. The van der Waals surface area contributed by atoms with Crippen LogP contribution in [0, 0.1) is 0 Å². The van der Waals surface area contributed by atoms with E-state index in [0.717, 1.165) is 0 Å². The molecule has 0 aliphatic carbocycles. The van der Waals surface area contributed by atoms with Crippen molar-refractivity contribution in [3.63, 3.8) is 0 Å². The van der Waals surface area contributed by atoms with Gasteiger partial charge < -0.3 is 16.4 Å². The average molecular weight is 255 g/mol. The van der Waals surface area contributed by atoms with Crippen LogP contribution in [0.3, 0.4) is 0 Å². The first-order valence-electron chi connectivity index (χ1n) is 5.58. The molecule has 0 saturated heterocycles. The second-order valence-electron chi connectivity index (χ2n) is 3.61. The number of nitrogen functional groups attached to an aromatic ring is 1. The molecule has 0 spiro atoms. The molecule has 0 atom stereocenters. The third-order valence-corrected chi connectivity index (χ3v) is 2.49. The summed E-state index contributed by atoms with van der Waals surface area (Å²) in [5.41, 5.74) is 4.71. The van der Waals surface area contributed by atoms with E-state index in [0.29, 0.717) is 6.54 Å². The minimum absolute atomic E-state index is 0.0724. The van der Waals surface area contributed by atoms with E-state index in [1.165, 1.54) is 11.6 Å². The van der Waals surface area contributed by atoms with Crippen LogP contribution in [-0.2, 0) is 11.3 Å². The fraction of sp³-hybridized carbons (Fsp3) is 0.500. The molecule has 1 heterocycles. The van der Waals surface area contributed by atoms with E-state index in [9.17, 15) is 14.4 Å². The summed E-state index contributed by atoms with van der Waals surface area (Å²) in [5, 5.41) is 5.22. The minimum Gasteiger partial charge on any atom is -0.383 e. The van der Waals surface area contributed by atoms with Gasteiger partial charge in [0, 0.05) is 26.6 Å². The maximum Gasteiger partial charge on any atom is 0.330 e. The number of nitrogens with one attached hydrogen (secondary N) is 3. The number of nitrogens with two attached hydrogens (primary N) is 1. The molecule has 0 aliphatic heterocycles. The molecule has 0 saturated carbocycles. The van der Waals surface area contributed by atoms with E-state index in [2.05, 4.69) is 15.6 Å². The molecule has 5 N–H and O–H groups in total. The highest BCUT2D eigenvalue weighted by molar-refractivity contribution is 5.76. The molecule has 0 fully saturated rings. The van der Waals surface area contributed by atoms with E-state index in [1.807, 2.05) is 0 Å². The molecule has 100 valence electrons. The molecular formula is C10H17N5O3. The number of rotatable bonds is 5. The summed E-state index contributed by atoms with van der Waals surface area (Å²) in [6, 6.07) is 0. The molecule has 1 rings (SSSR count). The summed E-state index contributed by atoms with van der Waals surface area (Å²) in [7, 11) is 1.53. The van der Waals surface area contributed by atoms with Gasteiger partial charge >= 0.3 is 5.69 Å². The maximum atomic E-state index is 11.6. The summed E-state index contributed by atoms with van der Waals surface area (Å²) in [6.45, 7) is 2.35. The average Bonchev–Trinajstić information content (AvgIpc) is 2.33. The van der Waals surface area contributed by atoms with Crippen LogP contribution < -0.4 is 27.6 Å². The third-order valence-electron chi connectivity index (χ3n) is 2.49. The SMILES string of the molecule is CCn1c(N)c(NCCC(=O)NC)c(=O)[nH]c1=O. The lowest BCUT2D eigenvalue weighted by Crippen LogP contribution is -2.34. The van der Waals surface area contributed by atoms with Crippen molar-refractivity contribution in [2.24, 2.45) is 0 Å². The quantitative estimate of drug-likeness (QED) is 0.520. The predicted molar refractivity (Wildman–Crippen MR) is 68.6 cm³/mol. The van der Waals surface area contributed by atoms with Gasteiger partial charge in [-0.15, -0.1) is 0 Å². The largest absolute Gasteiger partial charge is 0.383 e. The van der Waals surface area contributed by atoms with Crippen molar-refractivity contribution in [2.45, 2.75) is 19.9 Å². The fourth-order valence-electron chi connectivity index (χ4n) is 1.50. The highest BCUT2D eigenvalue weighted by atomic mass is 16.2.